The van der Waals surface area contributed by atoms with Crippen molar-refractivity contribution in [2.75, 3.05) is 7.11 Å². The lowest BCUT2D eigenvalue weighted by atomic mass is 9.99. The van der Waals surface area contributed by atoms with E-state index in [0.29, 0.717) is 6.42 Å². The minimum atomic E-state index is -0.0119. The average molecular weight is 297 g/mol. The van der Waals surface area contributed by atoms with Crippen LogP contribution in [0.5, 0.6) is 5.75 Å². The lowest BCUT2D eigenvalue weighted by Crippen LogP contribution is -2.28. The molecule has 2 aromatic rings. The third kappa shape index (κ3) is 3.88. The third-order valence-corrected chi connectivity index (χ3v) is 3.82. The molecule has 2 aromatic carbocycles. The Morgan fingerprint density at radius 3 is 2.64 bits per heavy atom. The second kappa shape index (κ2) is 7.12. The number of benzene rings is 2. The molecule has 0 aliphatic rings. The van der Waals surface area contributed by atoms with E-state index in [2.05, 4.69) is 37.4 Å². The average Bonchev–Trinajstić information content (AvgIpc) is 2.50. The van der Waals surface area contributed by atoms with Crippen molar-refractivity contribution < 1.29 is 9.53 Å². The Balaban J connectivity index is 2.07. The molecule has 3 nitrogen and oxygen atoms in total. The number of methoxy groups -OCH3 is 1. The summed E-state index contributed by atoms with van der Waals surface area (Å²) in [5.41, 5.74) is 4.45. The van der Waals surface area contributed by atoms with Crippen molar-refractivity contribution >= 4 is 5.91 Å². The number of nitrogens with one attached hydrogen (secondary N) is 1. The second-order valence-corrected chi connectivity index (χ2v) is 5.64. The van der Waals surface area contributed by atoms with Gasteiger partial charge in [-0.15, -0.1) is 0 Å². The van der Waals surface area contributed by atoms with Gasteiger partial charge in [-0.25, -0.2) is 0 Å². The summed E-state index contributed by atoms with van der Waals surface area (Å²) in [5, 5.41) is 3.07. The minimum Gasteiger partial charge on any atom is -0.496 e. The molecular formula is C19H23NO2. The highest BCUT2D eigenvalue weighted by Gasteiger charge is 2.14. The monoisotopic (exact) mass is 297 g/mol. The molecule has 1 N–H and O–H groups in total. The molecule has 1 unspecified atom stereocenters. The van der Waals surface area contributed by atoms with Crippen molar-refractivity contribution in [1.82, 2.24) is 5.32 Å². The van der Waals surface area contributed by atoms with E-state index in [1.807, 2.05) is 31.2 Å². The number of ether oxygens (including phenoxy) is 1. The smallest absolute Gasteiger partial charge is 0.225 e. The van der Waals surface area contributed by atoms with Crippen molar-refractivity contribution in [3.63, 3.8) is 0 Å². The quantitative estimate of drug-likeness (QED) is 0.913. The Labute approximate surface area is 132 Å². The molecule has 0 radical (unpaired) electrons. The van der Waals surface area contributed by atoms with Gasteiger partial charge in [-0.1, -0.05) is 42.0 Å². The van der Waals surface area contributed by atoms with E-state index in [1.165, 1.54) is 11.1 Å². The van der Waals surface area contributed by atoms with Gasteiger partial charge in [0.25, 0.3) is 0 Å². The van der Waals surface area contributed by atoms with E-state index >= 15 is 0 Å². The first kappa shape index (κ1) is 16.1. The highest BCUT2D eigenvalue weighted by molar-refractivity contribution is 5.79. The first-order valence-electron chi connectivity index (χ1n) is 7.49. The number of hydrogen-bond acceptors (Lipinski definition) is 2. The Hall–Kier alpha value is -2.29. The van der Waals surface area contributed by atoms with E-state index in [-0.39, 0.29) is 11.9 Å². The zero-order valence-electron chi connectivity index (χ0n) is 13.6. The Kier molecular flexibility index (Phi) is 5.21. The predicted octanol–water partition coefficient (Wildman–Crippen LogP) is 3.73. The summed E-state index contributed by atoms with van der Waals surface area (Å²) in [6.07, 6.45) is 0.319. The summed E-state index contributed by atoms with van der Waals surface area (Å²) in [7, 11) is 1.62. The normalized spacial score (nSPS) is 11.8. The molecule has 1 amide bonds. The first-order valence-corrected chi connectivity index (χ1v) is 7.49. The number of rotatable bonds is 5. The molecule has 0 aliphatic heterocycles. The summed E-state index contributed by atoms with van der Waals surface area (Å²) < 4.78 is 5.29. The number of aryl methyl sites for hydroxylation is 2. The highest BCUT2D eigenvalue weighted by atomic mass is 16.5. The van der Waals surface area contributed by atoms with Gasteiger partial charge in [0.15, 0.2) is 0 Å². The summed E-state index contributed by atoms with van der Waals surface area (Å²) in [4.78, 5) is 12.3. The Morgan fingerprint density at radius 1 is 1.18 bits per heavy atom. The standard InChI is InChI=1S/C19H23NO2/c1-13-9-10-14(2)17(11-13)15(3)20-19(21)12-16-7-5-6-8-18(16)22-4/h5-11,15H,12H2,1-4H3,(H,20,21). The number of carbonyl (C=O) groups excluding carboxylic acids is 1. The molecule has 0 saturated heterocycles. The van der Waals surface area contributed by atoms with Gasteiger partial charge >= 0.3 is 0 Å². The van der Waals surface area contributed by atoms with Gasteiger partial charge in [-0.3, -0.25) is 4.79 Å². The van der Waals surface area contributed by atoms with Crippen molar-refractivity contribution in [2.24, 2.45) is 0 Å². The minimum absolute atomic E-state index is 0.00194. The molecule has 2 rings (SSSR count). The fourth-order valence-corrected chi connectivity index (χ4v) is 2.62. The van der Waals surface area contributed by atoms with Crippen LogP contribution in [-0.2, 0) is 11.2 Å². The zero-order chi connectivity index (χ0) is 16.1. The van der Waals surface area contributed by atoms with Gasteiger partial charge in [-0.2, -0.15) is 0 Å². The molecular weight excluding hydrogens is 274 g/mol. The van der Waals surface area contributed by atoms with Crippen molar-refractivity contribution in [1.29, 1.82) is 0 Å². The highest BCUT2D eigenvalue weighted by Crippen LogP contribution is 2.21. The molecule has 0 bridgehead atoms. The number of carbonyl (C=O) groups is 1. The second-order valence-electron chi connectivity index (χ2n) is 5.64. The van der Waals surface area contributed by atoms with E-state index in [4.69, 9.17) is 4.74 Å². The van der Waals surface area contributed by atoms with Crippen molar-refractivity contribution in [2.45, 2.75) is 33.2 Å². The predicted molar refractivity (Wildman–Crippen MR) is 89.2 cm³/mol. The maximum atomic E-state index is 12.3. The SMILES string of the molecule is COc1ccccc1CC(=O)NC(C)c1cc(C)ccc1C. The maximum absolute atomic E-state index is 12.3. The molecule has 0 aromatic heterocycles. The van der Waals surface area contributed by atoms with Crippen molar-refractivity contribution in [3.8, 4) is 5.75 Å². The molecule has 116 valence electrons. The van der Waals surface area contributed by atoms with Gasteiger partial charge in [0.1, 0.15) is 5.75 Å². The van der Waals surface area contributed by atoms with Crippen LogP contribution in [0.15, 0.2) is 42.5 Å². The van der Waals surface area contributed by atoms with E-state index in [9.17, 15) is 4.79 Å². The van der Waals surface area contributed by atoms with Crippen LogP contribution < -0.4 is 10.1 Å². The van der Waals surface area contributed by atoms with Crippen LogP contribution in [0.3, 0.4) is 0 Å². The molecule has 0 aliphatic carbocycles. The first-order chi connectivity index (χ1) is 10.5. The fraction of sp³-hybridized carbons (Fsp3) is 0.316. The van der Waals surface area contributed by atoms with Gasteiger partial charge in [0.05, 0.1) is 19.6 Å². The van der Waals surface area contributed by atoms with Crippen LogP contribution >= 0.6 is 0 Å². The summed E-state index contributed by atoms with van der Waals surface area (Å²) >= 11 is 0. The van der Waals surface area contributed by atoms with Crippen LogP contribution in [0.4, 0.5) is 0 Å². The van der Waals surface area contributed by atoms with Crippen LogP contribution in [0.1, 0.15) is 35.2 Å². The largest absolute Gasteiger partial charge is 0.496 e. The van der Waals surface area contributed by atoms with Crippen LogP contribution in [0.2, 0.25) is 0 Å². The third-order valence-electron chi connectivity index (χ3n) is 3.82. The van der Waals surface area contributed by atoms with E-state index in [1.54, 1.807) is 7.11 Å². The number of amides is 1. The molecule has 22 heavy (non-hydrogen) atoms. The number of para-hydroxylation sites is 1. The molecule has 0 saturated carbocycles. The molecule has 0 fully saturated rings. The summed E-state index contributed by atoms with van der Waals surface area (Å²) in [5.74, 6) is 0.745. The fourth-order valence-electron chi connectivity index (χ4n) is 2.62. The number of hydrogen-bond donors (Lipinski definition) is 1. The summed E-state index contributed by atoms with van der Waals surface area (Å²) in [6, 6.07) is 13.9. The van der Waals surface area contributed by atoms with Gasteiger partial charge < -0.3 is 10.1 Å². The maximum Gasteiger partial charge on any atom is 0.225 e. The molecule has 3 heteroatoms. The lowest BCUT2D eigenvalue weighted by Gasteiger charge is -2.18. The Morgan fingerprint density at radius 2 is 1.91 bits per heavy atom. The van der Waals surface area contributed by atoms with Gasteiger partial charge in [0.2, 0.25) is 5.91 Å². The molecule has 0 heterocycles. The van der Waals surface area contributed by atoms with E-state index < -0.39 is 0 Å². The summed E-state index contributed by atoms with van der Waals surface area (Å²) in [6.45, 7) is 6.14. The molecule has 0 spiro atoms. The zero-order valence-corrected chi connectivity index (χ0v) is 13.6. The Bertz CT molecular complexity index is 664. The van der Waals surface area contributed by atoms with E-state index in [0.717, 1.165) is 16.9 Å². The van der Waals surface area contributed by atoms with Gasteiger partial charge in [0, 0.05) is 5.56 Å². The van der Waals surface area contributed by atoms with Crippen LogP contribution in [-0.4, -0.2) is 13.0 Å². The lowest BCUT2D eigenvalue weighted by molar-refractivity contribution is -0.121. The molecule has 1 atom stereocenters. The van der Waals surface area contributed by atoms with Crippen molar-refractivity contribution in [3.05, 3.63) is 64.7 Å². The van der Waals surface area contributed by atoms with Gasteiger partial charge in [-0.05, 0) is 38.0 Å². The topological polar surface area (TPSA) is 38.3 Å². The van der Waals surface area contributed by atoms with Crippen LogP contribution in [0, 0.1) is 13.8 Å². The van der Waals surface area contributed by atoms with Crippen LogP contribution in [0.25, 0.3) is 0 Å².